The molecule has 1 N–H and O–H groups in total. The number of benzene rings is 1. The molecule has 1 fully saturated rings. The lowest BCUT2D eigenvalue weighted by molar-refractivity contribution is -0.152. The molecule has 6 heteroatoms. The Balaban J connectivity index is 1.72. The predicted octanol–water partition coefficient (Wildman–Crippen LogP) is 1.79. The molecule has 0 bridgehead atoms. The van der Waals surface area contributed by atoms with Gasteiger partial charge in [-0.25, -0.2) is 0 Å². The zero-order valence-electron chi connectivity index (χ0n) is 13.3. The Kier molecular flexibility index (Phi) is 3.92. The van der Waals surface area contributed by atoms with Gasteiger partial charge in [0.2, 0.25) is 6.10 Å². The van der Waals surface area contributed by atoms with Gasteiger partial charge in [0, 0.05) is 13.1 Å². The number of fused-ring (bicyclic) bond motifs is 1. The van der Waals surface area contributed by atoms with Crippen molar-refractivity contribution in [2.45, 2.75) is 26.4 Å². The largest absolute Gasteiger partial charge is 0.485 e. The van der Waals surface area contributed by atoms with Crippen molar-refractivity contribution >= 4 is 11.9 Å². The molecule has 1 aromatic rings. The molecule has 0 aliphatic carbocycles. The zero-order chi connectivity index (χ0) is 16.6. The number of ether oxygens (including phenoxy) is 2. The second-order valence-corrected chi connectivity index (χ2v) is 6.49. The van der Waals surface area contributed by atoms with Gasteiger partial charge in [0.1, 0.15) is 6.61 Å². The van der Waals surface area contributed by atoms with E-state index < -0.39 is 17.5 Å². The summed E-state index contributed by atoms with van der Waals surface area (Å²) in [5.41, 5.74) is -0.872. The lowest BCUT2D eigenvalue weighted by Crippen LogP contribution is -2.47. The van der Waals surface area contributed by atoms with Crippen LogP contribution in [0, 0.1) is 11.3 Å². The van der Waals surface area contributed by atoms with Gasteiger partial charge in [0.25, 0.3) is 5.91 Å². The number of carbonyl (C=O) groups is 2. The first kappa shape index (κ1) is 15.6. The highest BCUT2D eigenvalue weighted by atomic mass is 16.6. The Morgan fingerprint density at radius 3 is 2.61 bits per heavy atom. The average Bonchev–Trinajstić information content (AvgIpc) is 3.00. The van der Waals surface area contributed by atoms with Crippen LogP contribution in [0.15, 0.2) is 24.3 Å². The van der Waals surface area contributed by atoms with E-state index in [2.05, 4.69) is 0 Å². The Hall–Kier alpha value is -2.24. The number of carboxylic acids is 1. The van der Waals surface area contributed by atoms with Crippen LogP contribution in [0.4, 0.5) is 0 Å². The highest BCUT2D eigenvalue weighted by molar-refractivity contribution is 5.84. The SMILES string of the molecule is CC(C)C1(C(=O)O)CCN(C(=O)C2COc3ccccc3O2)C1. The minimum atomic E-state index is -0.872. The molecular weight excluding hydrogens is 298 g/mol. The quantitative estimate of drug-likeness (QED) is 0.919. The predicted molar refractivity (Wildman–Crippen MR) is 82.5 cm³/mol. The first-order valence-electron chi connectivity index (χ1n) is 7.85. The number of para-hydroxylation sites is 2. The summed E-state index contributed by atoms with van der Waals surface area (Å²) in [6.07, 6.45) is -0.253. The van der Waals surface area contributed by atoms with E-state index in [0.29, 0.717) is 24.5 Å². The highest BCUT2D eigenvalue weighted by Crippen LogP contribution is 2.39. The van der Waals surface area contributed by atoms with Gasteiger partial charge in [0.05, 0.1) is 5.41 Å². The molecule has 124 valence electrons. The minimum Gasteiger partial charge on any atom is -0.485 e. The van der Waals surface area contributed by atoms with Gasteiger partial charge in [-0.2, -0.15) is 0 Å². The van der Waals surface area contributed by atoms with Gasteiger partial charge >= 0.3 is 5.97 Å². The third-order valence-corrected chi connectivity index (χ3v) is 4.93. The van der Waals surface area contributed by atoms with Gasteiger partial charge in [-0.1, -0.05) is 26.0 Å². The number of likely N-dealkylation sites (tertiary alicyclic amines) is 1. The standard InChI is InChI=1S/C17H21NO5/c1-11(2)17(16(20)21)7-8-18(10-17)15(19)14-9-22-12-5-3-4-6-13(12)23-14/h3-6,11,14H,7-10H2,1-2H3,(H,20,21). The fraction of sp³-hybridized carbons (Fsp3) is 0.529. The summed E-state index contributed by atoms with van der Waals surface area (Å²) in [7, 11) is 0. The third-order valence-electron chi connectivity index (χ3n) is 4.93. The summed E-state index contributed by atoms with van der Waals surface area (Å²) in [6.45, 7) is 4.58. The Morgan fingerprint density at radius 1 is 1.30 bits per heavy atom. The molecule has 0 aromatic heterocycles. The van der Waals surface area contributed by atoms with E-state index in [1.54, 1.807) is 17.0 Å². The molecule has 2 atom stereocenters. The monoisotopic (exact) mass is 319 g/mol. The van der Waals surface area contributed by atoms with Crippen molar-refractivity contribution < 1.29 is 24.2 Å². The van der Waals surface area contributed by atoms with Crippen molar-refractivity contribution in [3.8, 4) is 11.5 Å². The highest BCUT2D eigenvalue weighted by Gasteiger charge is 2.49. The van der Waals surface area contributed by atoms with Gasteiger partial charge in [-0.15, -0.1) is 0 Å². The molecule has 2 unspecified atom stereocenters. The number of rotatable bonds is 3. The summed E-state index contributed by atoms with van der Waals surface area (Å²) in [5, 5.41) is 9.58. The van der Waals surface area contributed by atoms with Gasteiger partial charge < -0.3 is 19.5 Å². The van der Waals surface area contributed by atoms with Crippen LogP contribution in [-0.2, 0) is 9.59 Å². The Bertz CT molecular complexity index is 629. The molecular formula is C17H21NO5. The molecule has 3 rings (SSSR count). The van der Waals surface area contributed by atoms with E-state index in [1.807, 2.05) is 26.0 Å². The fourth-order valence-electron chi connectivity index (χ4n) is 3.26. The van der Waals surface area contributed by atoms with Crippen molar-refractivity contribution in [3.63, 3.8) is 0 Å². The molecule has 2 heterocycles. The van der Waals surface area contributed by atoms with Crippen molar-refractivity contribution in [2.24, 2.45) is 11.3 Å². The van der Waals surface area contributed by atoms with E-state index in [-0.39, 0.29) is 25.0 Å². The molecule has 1 aromatic carbocycles. The first-order chi connectivity index (χ1) is 10.9. The van der Waals surface area contributed by atoms with Crippen LogP contribution in [0.1, 0.15) is 20.3 Å². The maximum atomic E-state index is 12.7. The number of aliphatic carboxylic acids is 1. The van der Waals surface area contributed by atoms with Crippen LogP contribution in [-0.4, -0.2) is 47.7 Å². The van der Waals surface area contributed by atoms with Gasteiger partial charge in [-0.05, 0) is 24.5 Å². The van der Waals surface area contributed by atoms with Crippen LogP contribution in [0.2, 0.25) is 0 Å². The smallest absolute Gasteiger partial charge is 0.311 e. The summed E-state index contributed by atoms with van der Waals surface area (Å²) in [5.74, 6) is 0.0870. The third kappa shape index (κ3) is 2.62. The molecule has 2 aliphatic rings. The first-order valence-corrected chi connectivity index (χ1v) is 7.85. The molecule has 2 aliphatic heterocycles. The van der Waals surface area contributed by atoms with E-state index in [0.717, 1.165) is 0 Å². The van der Waals surface area contributed by atoms with E-state index in [4.69, 9.17) is 9.47 Å². The fourth-order valence-corrected chi connectivity index (χ4v) is 3.26. The number of nitrogens with zero attached hydrogens (tertiary/aromatic N) is 1. The molecule has 23 heavy (non-hydrogen) atoms. The lowest BCUT2D eigenvalue weighted by Gasteiger charge is -2.31. The van der Waals surface area contributed by atoms with Crippen LogP contribution in [0.5, 0.6) is 11.5 Å². The van der Waals surface area contributed by atoms with Gasteiger partial charge in [-0.3, -0.25) is 9.59 Å². The van der Waals surface area contributed by atoms with E-state index in [9.17, 15) is 14.7 Å². The van der Waals surface area contributed by atoms with E-state index in [1.165, 1.54) is 0 Å². The zero-order valence-corrected chi connectivity index (χ0v) is 13.3. The second kappa shape index (κ2) is 5.76. The lowest BCUT2D eigenvalue weighted by atomic mass is 9.76. The number of carboxylic acid groups (broad SMARTS) is 1. The summed E-state index contributed by atoms with van der Waals surface area (Å²) >= 11 is 0. The Morgan fingerprint density at radius 2 is 2.00 bits per heavy atom. The van der Waals surface area contributed by atoms with Crippen molar-refractivity contribution in [2.75, 3.05) is 19.7 Å². The number of carbonyl (C=O) groups excluding carboxylic acids is 1. The normalized spacial score (nSPS) is 26.4. The average molecular weight is 319 g/mol. The summed E-state index contributed by atoms with van der Waals surface area (Å²) < 4.78 is 11.3. The molecule has 1 saturated heterocycles. The molecule has 0 radical (unpaired) electrons. The van der Waals surface area contributed by atoms with E-state index >= 15 is 0 Å². The summed E-state index contributed by atoms with van der Waals surface area (Å²) in [6, 6.07) is 7.21. The second-order valence-electron chi connectivity index (χ2n) is 6.49. The number of hydrogen-bond donors (Lipinski definition) is 1. The van der Waals surface area contributed by atoms with Crippen molar-refractivity contribution in [1.29, 1.82) is 0 Å². The number of amides is 1. The summed E-state index contributed by atoms with van der Waals surface area (Å²) in [4.78, 5) is 25.9. The van der Waals surface area contributed by atoms with Crippen LogP contribution < -0.4 is 9.47 Å². The Labute approximate surface area is 135 Å². The maximum absolute atomic E-state index is 12.7. The molecule has 6 nitrogen and oxygen atoms in total. The van der Waals surface area contributed by atoms with Crippen molar-refractivity contribution in [1.82, 2.24) is 4.90 Å². The van der Waals surface area contributed by atoms with Crippen molar-refractivity contribution in [3.05, 3.63) is 24.3 Å². The van der Waals surface area contributed by atoms with Crippen LogP contribution in [0.3, 0.4) is 0 Å². The van der Waals surface area contributed by atoms with Gasteiger partial charge in [0.15, 0.2) is 11.5 Å². The molecule has 0 saturated carbocycles. The number of hydrogen-bond acceptors (Lipinski definition) is 4. The topological polar surface area (TPSA) is 76.1 Å². The minimum absolute atomic E-state index is 0.0398. The maximum Gasteiger partial charge on any atom is 0.311 e. The molecule has 1 amide bonds. The van der Waals surface area contributed by atoms with Crippen LogP contribution >= 0.6 is 0 Å². The van der Waals surface area contributed by atoms with Crippen LogP contribution in [0.25, 0.3) is 0 Å². The molecule has 0 spiro atoms.